The predicted octanol–water partition coefficient (Wildman–Crippen LogP) is 3.21. The molecule has 4 nitrogen and oxygen atoms in total. The van der Waals surface area contributed by atoms with Crippen molar-refractivity contribution >= 4 is 32.7 Å². The first-order valence-corrected chi connectivity index (χ1v) is 7.32. The molecule has 0 atom stereocenters. The zero-order valence-electron chi connectivity index (χ0n) is 11.7. The van der Waals surface area contributed by atoms with E-state index < -0.39 is 0 Å². The van der Waals surface area contributed by atoms with Crippen LogP contribution in [0.3, 0.4) is 0 Å². The molecule has 0 aliphatic rings. The summed E-state index contributed by atoms with van der Waals surface area (Å²) >= 11 is 3.48. The van der Waals surface area contributed by atoms with E-state index in [0.29, 0.717) is 5.82 Å². The van der Waals surface area contributed by atoms with Crippen LogP contribution in [0, 0.1) is 0 Å². The van der Waals surface area contributed by atoms with Crippen molar-refractivity contribution in [1.29, 1.82) is 0 Å². The molecule has 3 aromatic rings. The van der Waals surface area contributed by atoms with Gasteiger partial charge in [0.05, 0.1) is 11.2 Å². The number of aromatic nitrogens is 2. The summed E-state index contributed by atoms with van der Waals surface area (Å²) in [6.45, 7) is 0. The van der Waals surface area contributed by atoms with Crippen molar-refractivity contribution in [3.8, 4) is 5.69 Å². The van der Waals surface area contributed by atoms with Crippen LogP contribution in [0.1, 0.15) is 0 Å². The summed E-state index contributed by atoms with van der Waals surface area (Å²) in [5.41, 5.74) is 1.36. The van der Waals surface area contributed by atoms with Gasteiger partial charge in [0.15, 0.2) is 0 Å². The summed E-state index contributed by atoms with van der Waals surface area (Å²) in [5.74, 6) is 0.676. The van der Waals surface area contributed by atoms with Crippen LogP contribution in [-0.2, 0) is 0 Å². The first-order valence-electron chi connectivity index (χ1n) is 6.53. The van der Waals surface area contributed by atoms with Crippen LogP contribution >= 0.6 is 15.9 Å². The van der Waals surface area contributed by atoms with Crippen molar-refractivity contribution in [2.45, 2.75) is 0 Å². The number of hydrogen-bond acceptors (Lipinski definition) is 3. The van der Waals surface area contributed by atoms with Gasteiger partial charge in [-0.15, -0.1) is 0 Å². The Labute approximate surface area is 130 Å². The molecular formula is C16H14BrN3O. The van der Waals surface area contributed by atoms with Crippen molar-refractivity contribution < 1.29 is 0 Å². The Bertz CT molecular complexity index is 857. The van der Waals surface area contributed by atoms with Crippen LogP contribution in [0.4, 0.5) is 5.82 Å². The summed E-state index contributed by atoms with van der Waals surface area (Å²) in [7, 11) is 3.77. The van der Waals surface area contributed by atoms with E-state index in [1.54, 1.807) is 4.57 Å². The van der Waals surface area contributed by atoms with Gasteiger partial charge in [-0.2, -0.15) is 4.98 Å². The standard InChI is InChI=1S/C16H14BrN3O/c1-19(2)15-13-9-8-11(17)10-14(13)20(16(21)18-15)12-6-4-3-5-7-12/h3-10H,1-2H3. The summed E-state index contributed by atoms with van der Waals surface area (Å²) in [6.07, 6.45) is 0. The third-order valence-corrected chi connectivity index (χ3v) is 3.77. The van der Waals surface area contributed by atoms with Crippen molar-refractivity contribution in [3.05, 3.63) is 63.5 Å². The maximum Gasteiger partial charge on any atom is 0.354 e. The number of anilines is 1. The molecule has 0 amide bonds. The average Bonchev–Trinajstić information content (AvgIpc) is 2.47. The molecule has 0 saturated carbocycles. The van der Waals surface area contributed by atoms with Crippen LogP contribution < -0.4 is 10.6 Å². The number of nitrogens with zero attached hydrogens (tertiary/aromatic N) is 3. The van der Waals surface area contributed by atoms with Crippen molar-refractivity contribution in [1.82, 2.24) is 9.55 Å². The van der Waals surface area contributed by atoms with Crippen LogP contribution in [0.15, 0.2) is 57.8 Å². The molecule has 0 saturated heterocycles. The van der Waals surface area contributed by atoms with Crippen LogP contribution in [0.2, 0.25) is 0 Å². The Morgan fingerprint density at radius 2 is 1.81 bits per heavy atom. The second kappa shape index (κ2) is 5.33. The summed E-state index contributed by atoms with van der Waals surface area (Å²) < 4.78 is 2.56. The average molecular weight is 344 g/mol. The van der Waals surface area contributed by atoms with Gasteiger partial charge in [-0.1, -0.05) is 34.1 Å². The highest BCUT2D eigenvalue weighted by molar-refractivity contribution is 9.10. The molecule has 1 aromatic heterocycles. The van der Waals surface area contributed by atoms with Crippen LogP contribution in [0.25, 0.3) is 16.6 Å². The molecule has 0 fully saturated rings. The van der Waals surface area contributed by atoms with E-state index in [1.165, 1.54) is 0 Å². The van der Waals surface area contributed by atoms with Gasteiger partial charge >= 0.3 is 5.69 Å². The zero-order chi connectivity index (χ0) is 15.0. The van der Waals surface area contributed by atoms with Gasteiger partial charge in [0, 0.05) is 24.0 Å². The van der Waals surface area contributed by atoms with E-state index >= 15 is 0 Å². The topological polar surface area (TPSA) is 38.1 Å². The van der Waals surface area contributed by atoms with Crippen LogP contribution in [-0.4, -0.2) is 23.6 Å². The van der Waals surface area contributed by atoms with Crippen molar-refractivity contribution in [2.24, 2.45) is 0 Å². The number of benzene rings is 2. The van der Waals surface area contributed by atoms with E-state index in [4.69, 9.17) is 0 Å². The number of rotatable bonds is 2. The molecule has 0 spiro atoms. The Morgan fingerprint density at radius 3 is 2.48 bits per heavy atom. The largest absolute Gasteiger partial charge is 0.362 e. The lowest BCUT2D eigenvalue weighted by atomic mass is 10.2. The lowest BCUT2D eigenvalue weighted by Crippen LogP contribution is -2.25. The maximum absolute atomic E-state index is 12.5. The fraction of sp³-hybridized carbons (Fsp3) is 0.125. The molecule has 2 aromatic carbocycles. The second-order valence-electron chi connectivity index (χ2n) is 4.94. The molecule has 0 bridgehead atoms. The Balaban J connectivity index is 2.46. The minimum Gasteiger partial charge on any atom is -0.362 e. The van der Waals surface area contributed by atoms with Gasteiger partial charge in [0.25, 0.3) is 0 Å². The van der Waals surface area contributed by atoms with Gasteiger partial charge in [0.1, 0.15) is 5.82 Å². The lowest BCUT2D eigenvalue weighted by Gasteiger charge is -2.17. The number of hydrogen-bond donors (Lipinski definition) is 0. The van der Waals surface area contributed by atoms with Crippen molar-refractivity contribution in [2.75, 3.05) is 19.0 Å². The Morgan fingerprint density at radius 1 is 1.10 bits per heavy atom. The first-order chi connectivity index (χ1) is 10.1. The number of halogens is 1. The molecule has 5 heteroatoms. The SMILES string of the molecule is CN(C)c1nc(=O)n(-c2ccccc2)c2cc(Br)ccc12. The lowest BCUT2D eigenvalue weighted by molar-refractivity contribution is 0.936. The number of para-hydroxylation sites is 1. The molecule has 0 radical (unpaired) electrons. The van der Waals surface area contributed by atoms with E-state index in [9.17, 15) is 4.79 Å². The molecule has 106 valence electrons. The van der Waals surface area contributed by atoms with E-state index in [0.717, 1.165) is 21.1 Å². The van der Waals surface area contributed by atoms with Gasteiger partial charge in [-0.05, 0) is 30.3 Å². The third-order valence-electron chi connectivity index (χ3n) is 3.27. The third kappa shape index (κ3) is 2.45. The highest BCUT2D eigenvalue weighted by Gasteiger charge is 2.13. The first kappa shape index (κ1) is 13.8. The number of fused-ring (bicyclic) bond motifs is 1. The molecular weight excluding hydrogens is 330 g/mol. The fourth-order valence-corrected chi connectivity index (χ4v) is 2.70. The minimum absolute atomic E-state index is 0.282. The highest BCUT2D eigenvalue weighted by Crippen LogP contribution is 2.26. The van der Waals surface area contributed by atoms with E-state index in [-0.39, 0.29) is 5.69 Å². The smallest absolute Gasteiger partial charge is 0.354 e. The van der Waals surface area contributed by atoms with Gasteiger partial charge in [0.2, 0.25) is 0 Å². The zero-order valence-corrected chi connectivity index (χ0v) is 13.3. The fourth-order valence-electron chi connectivity index (χ4n) is 2.35. The van der Waals surface area contributed by atoms with E-state index in [1.807, 2.05) is 67.5 Å². The van der Waals surface area contributed by atoms with Gasteiger partial charge in [-0.3, -0.25) is 4.57 Å². The van der Waals surface area contributed by atoms with Gasteiger partial charge in [-0.25, -0.2) is 4.79 Å². The van der Waals surface area contributed by atoms with E-state index in [2.05, 4.69) is 20.9 Å². The van der Waals surface area contributed by atoms with Gasteiger partial charge < -0.3 is 4.90 Å². The molecule has 0 aliphatic carbocycles. The molecule has 1 heterocycles. The summed E-state index contributed by atoms with van der Waals surface area (Å²) in [6, 6.07) is 15.4. The summed E-state index contributed by atoms with van der Waals surface area (Å²) in [4.78, 5) is 18.6. The maximum atomic E-state index is 12.5. The van der Waals surface area contributed by atoms with Crippen LogP contribution in [0.5, 0.6) is 0 Å². The molecule has 0 aliphatic heterocycles. The van der Waals surface area contributed by atoms with Crippen molar-refractivity contribution in [3.63, 3.8) is 0 Å². The Hall–Kier alpha value is -2.14. The molecule has 0 unspecified atom stereocenters. The monoisotopic (exact) mass is 343 g/mol. The molecule has 3 rings (SSSR count). The Kier molecular flexibility index (Phi) is 3.51. The molecule has 21 heavy (non-hydrogen) atoms. The molecule has 0 N–H and O–H groups in total. The second-order valence-corrected chi connectivity index (χ2v) is 5.86. The summed E-state index contributed by atoms with van der Waals surface area (Å²) in [5, 5.41) is 0.937. The quantitative estimate of drug-likeness (QED) is 0.717. The minimum atomic E-state index is -0.282. The predicted molar refractivity (Wildman–Crippen MR) is 89.4 cm³/mol. The normalized spacial score (nSPS) is 10.8. The highest BCUT2D eigenvalue weighted by atomic mass is 79.9.